The first-order valence-corrected chi connectivity index (χ1v) is 8.36. The van der Waals surface area contributed by atoms with E-state index in [1.54, 1.807) is 7.11 Å². The molecule has 0 aromatic carbocycles. The lowest BCUT2D eigenvalue weighted by Gasteiger charge is -2.42. The highest BCUT2D eigenvalue weighted by atomic mass is 16.5. The van der Waals surface area contributed by atoms with E-state index >= 15 is 0 Å². The van der Waals surface area contributed by atoms with Gasteiger partial charge in [0.05, 0.1) is 18.2 Å². The lowest BCUT2D eigenvalue weighted by atomic mass is 9.67. The number of hydrogen-bond acceptors (Lipinski definition) is 3. The Kier molecular flexibility index (Phi) is 4.69. The van der Waals surface area contributed by atoms with Gasteiger partial charge in [-0.1, -0.05) is 6.42 Å². The number of fused-ring (bicyclic) bond motifs is 2. The normalized spacial score (nSPS) is 33.8. The summed E-state index contributed by atoms with van der Waals surface area (Å²) in [4.78, 5) is 4.38. The third-order valence-corrected chi connectivity index (χ3v) is 5.53. The van der Waals surface area contributed by atoms with Gasteiger partial charge in [0.1, 0.15) is 0 Å². The van der Waals surface area contributed by atoms with E-state index in [1.807, 2.05) is 7.05 Å². The average molecular weight is 295 g/mol. The summed E-state index contributed by atoms with van der Waals surface area (Å²) >= 11 is 0. The van der Waals surface area contributed by atoms with Crippen LogP contribution < -0.4 is 10.6 Å². The lowest BCUT2D eigenvalue weighted by Crippen LogP contribution is -2.51. The van der Waals surface area contributed by atoms with Crippen molar-refractivity contribution in [2.24, 2.45) is 10.4 Å². The van der Waals surface area contributed by atoms with E-state index in [2.05, 4.69) is 15.6 Å². The van der Waals surface area contributed by atoms with Crippen molar-refractivity contribution in [1.29, 1.82) is 0 Å². The Morgan fingerprint density at radius 1 is 1.38 bits per heavy atom. The second-order valence-corrected chi connectivity index (χ2v) is 6.88. The number of nitrogens with one attached hydrogen (secondary N) is 2. The average Bonchev–Trinajstić information content (AvgIpc) is 3.07. The Hall–Kier alpha value is -0.810. The fourth-order valence-corrected chi connectivity index (χ4v) is 3.94. The van der Waals surface area contributed by atoms with Crippen LogP contribution in [0.4, 0.5) is 0 Å². The van der Waals surface area contributed by atoms with Crippen molar-refractivity contribution in [3.05, 3.63) is 0 Å². The molecule has 0 aromatic rings. The van der Waals surface area contributed by atoms with E-state index in [9.17, 15) is 0 Å². The molecular formula is C16H29N3O2. The molecule has 0 amide bonds. The minimum atomic E-state index is 0.389. The molecule has 2 saturated heterocycles. The first-order chi connectivity index (χ1) is 10.2. The minimum Gasteiger partial charge on any atom is -0.385 e. The SMILES string of the molecule is CN=C(NCC1(CCOC)CCC1)NC1CC2CCC1O2. The predicted molar refractivity (Wildman–Crippen MR) is 83.6 cm³/mol. The minimum absolute atomic E-state index is 0.389. The van der Waals surface area contributed by atoms with E-state index in [-0.39, 0.29) is 0 Å². The van der Waals surface area contributed by atoms with Crippen molar-refractivity contribution in [1.82, 2.24) is 10.6 Å². The Balaban J connectivity index is 1.46. The van der Waals surface area contributed by atoms with Crippen LogP contribution in [-0.4, -0.2) is 51.5 Å². The van der Waals surface area contributed by atoms with Crippen LogP contribution in [0.5, 0.6) is 0 Å². The number of guanidine groups is 1. The maximum Gasteiger partial charge on any atom is 0.191 e. The Morgan fingerprint density at radius 3 is 2.76 bits per heavy atom. The molecule has 0 radical (unpaired) electrons. The smallest absolute Gasteiger partial charge is 0.191 e. The topological polar surface area (TPSA) is 54.9 Å². The summed E-state index contributed by atoms with van der Waals surface area (Å²) in [7, 11) is 3.64. The second-order valence-electron chi connectivity index (χ2n) is 6.88. The van der Waals surface area contributed by atoms with Crippen LogP contribution in [0.2, 0.25) is 0 Å². The van der Waals surface area contributed by atoms with Gasteiger partial charge in [0.25, 0.3) is 0 Å². The van der Waals surface area contributed by atoms with Gasteiger partial charge in [0.2, 0.25) is 0 Å². The van der Waals surface area contributed by atoms with E-state index in [1.165, 1.54) is 32.1 Å². The van der Waals surface area contributed by atoms with Gasteiger partial charge < -0.3 is 20.1 Å². The third-order valence-electron chi connectivity index (χ3n) is 5.53. The van der Waals surface area contributed by atoms with Gasteiger partial charge >= 0.3 is 0 Å². The summed E-state index contributed by atoms with van der Waals surface area (Å²) in [6.45, 7) is 1.85. The molecule has 0 aromatic heterocycles. The van der Waals surface area contributed by atoms with Crippen LogP contribution >= 0.6 is 0 Å². The molecule has 3 rings (SSSR count). The van der Waals surface area contributed by atoms with Crippen molar-refractivity contribution in [3.63, 3.8) is 0 Å². The van der Waals surface area contributed by atoms with E-state index in [4.69, 9.17) is 9.47 Å². The fraction of sp³-hybridized carbons (Fsp3) is 0.938. The second kappa shape index (κ2) is 6.53. The number of rotatable bonds is 6. The van der Waals surface area contributed by atoms with Gasteiger partial charge in [-0.3, -0.25) is 4.99 Å². The number of ether oxygens (including phenoxy) is 2. The van der Waals surface area contributed by atoms with Crippen LogP contribution in [0.25, 0.3) is 0 Å². The first-order valence-electron chi connectivity index (χ1n) is 8.36. The zero-order valence-electron chi connectivity index (χ0n) is 13.4. The molecule has 21 heavy (non-hydrogen) atoms. The highest BCUT2D eigenvalue weighted by Crippen LogP contribution is 2.43. The zero-order valence-corrected chi connectivity index (χ0v) is 13.4. The lowest BCUT2D eigenvalue weighted by molar-refractivity contribution is 0.0730. The maximum absolute atomic E-state index is 5.90. The number of nitrogens with zero attached hydrogens (tertiary/aromatic N) is 1. The van der Waals surface area contributed by atoms with E-state index in [0.29, 0.717) is 23.7 Å². The Morgan fingerprint density at radius 2 is 2.24 bits per heavy atom. The van der Waals surface area contributed by atoms with Crippen molar-refractivity contribution in [2.75, 3.05) is 27.3 Å². The van der Waals surface area contributed by atoms with Crippen molar-refractivity contribution >= 4 is 5.96 Å². The molecule has 120 valence electrons. The van der Waals surface area contributed by atoms with Crippen molar-refractivity contribution < 1.29 is 9.47 Å². The molecule has 5 nitrogen and oxygen atoms in total. The Bertz CT molecular complexity index is 382. The molecule has 3 aliphatic rings. The Labute approximate surface area is 127 Å². The third kappa shape index (κ3) is 3.34. The van der Waals surface area contributed by atoms with Crippen molar-refractivity contribution in [3.8, 4) is 0 Å². The molecular weight excluding hydrogens is 266 g/mol. The van der Waals surface area contributed by atoms with Gasteiger partial charge in [-0.15, -0.1) is 0 Å². The molecule has 2 bridgehead atoms. The van der Waals surface area contributed by atoms with Gasteiger partial charge in [-0.05, 0) is 43.9 Å². The number of hydrogen-bond donors (Lipinski definition) is 2. The molecule has 2 N–H and O–H groups in total. The summed E-state index contributed by atoms with van der Waals surface area (Å²) in [5.41, 5.74) is 0.415. The molecule has 5 heteroatoms. The summed E-state index contributed by atoms with van der Waals surface area (Å²) < 4.78 is 11.2. The molecule has 1 saturated carbocycles. The summed E-state index contributed by atoms with van der Waals surface area (Å²) in [5, 5.41) is 7.09. The summed E-state index contributed by atoms with van der Waals surface area (Å²) in [6.07, 6.45) is 9.51. The standard InChI is InChI=1S/C16H29N3O2/c1-17-15(19-13-10-12-4-5-14(13)21-12)18-11-16(6-3-7-16)8-9-20-2/h12-14H,3-11H2,1-2H3,(H2,17,18,19). The van der Waals surface area contributed by atoms with Crippen LogP contribution in [-0.2, 0) is 9.47 Å². The molecule has 0 spiro atoms. The number of methoxy groups -OCH3 is 1. The summed E-state index contributed by atoms with van der Waals surface area (Å²) in [6, 6.07) is 0.436. The fourth-order valence-electron chi connectivity index (χ4n) is 3.94. The van der Waals surface area contributed by atoms with Gasteiger partial charge in [-0.25, -0.2) is 0 Å². The molecule has 2 aliphatic heterocycles. The monoisotopic (exact) mass is 295 g/mol. The van der Waals surface area contributed by atoms with Crippen LogP contribution in [0, 0.1) is 5.41 Å². The maximum atomic E-state index is 5.90. The van der Waals surface area contributed by atoms with Gasteiger partial charge in [0, 0.05) is 27.3 Å². The van der Waals surface area contributed by atoms with Crippen LogP contribution in [0.15, 0.2) is 4.99 Å². The molecule has 3 atom stereocenters. The molecule has 3 unspecified atom stereocenters. The van der Waals surface area contributed by atoms with E-state index in [0.717, 1.165) is 32.0 Å². The van der Waals surface area contributed by atoms with Crippen molar-refractivity contribution in [2.45, 2.75) is 63.2 Å². The van der Waals surface area contributed by atoms with Crippen LogP contribution in [0.1, 0.15) is 44.9 Å². The molecule has 2 heterocycles. The first kappa shape index (κ1) is 15.1. The van der Waals surface area contributed by atoms with Crippen LogP contribution in [0.3, 0.4) is 0 Å². The zero-order chi connectivity index (χ0) is 14.7. The highest BCUT2D eigenvalue weighted by molar-refractivity contribution is 5.80. The largest absolute Gasteiger partial charge is 0.385 e. The molecule has 1 aliphatic carbocycles. The molecule has 3 fully saturated rings. The van der Waals surface area contributed by atoms with E-state index < -0.39 is 0 Å². The predicted octanol–water partition coefficient (Wildman–Crippen LogP) is 1.68. The number of aliphatic imine (C=N–C) groups is 1. The highest BCUT2D eigenvalue weighted by Gasteiger charge is 2.41. The van der Waals surface area contributed by atoms with Gasteiger partial charge in [-0.2, -0.15) is 0 Å². The quantitative estimate of drug-likeness (QED) is 0.578. The van der Waals surface area contributed by atoms with Gasteiger partial charge in [0.15, 0.2) is 5.96 Å². The summed E-state index contributed by atoms with van der Waals surface area (Å²) in [5.74, 6) is 0.930.